The summed E-state index contributed by atoms with van der Waals surface area (Å²) in [4.78, 5) is 13.0. The first-order valence-corrected chi connectivity index (χ1v) is 7.79. The predicted octanol–water partition coefficient (Wildman–Crippen LogP) is 5.31. The van der Waals surface area contributed by atoms with Crippen LogP contribution in [0.3, 0.4) is 0 Å². The van der Waals surface area contributed by atoms with Crippen molar-refractivity contribution in [2.45, 2.75) is 39.5 Å². The van der Waals surface area contributed by atoms with Crippen molar-refractivity contribution in [2.75, 3.05) is 0 Å². The van der Waals surface area contributed by atoms with Crippen LogP contribution >= 0.6 is 0 Å². The standard InChI is InChI=1S/C20H24O/c1-3-4-15-20(2,16-17-11-7-5-8-12-17)19(21)18-13-9-6-10-14-18/h5-14H,3-4,15-16H2,1-2H3. The molecular formula is C20H24O. The van der Waals surface area contributed by atoms with E-state index < -0.39 is 0 Å². The molecule has 0 bridgehead atoms. The Balaban J connectivity index is 2.26. The lowest BCUT2D eigenvalue weighted by Gasteiger charge is -2.28. The van der Waals surface area contributed by atoms with Crippen LogP contribution in [0.2, 0.25) is 0 Å². The highest BCUT2D eigenvalue weighted by molar-refractivity contribution is 6.00. The molecule has 2 aromatic rings. The normalized spacial score (nSPS) is 13.6. The Morgan fingerprint density at radius 2 is 1.52 bits per heavy atom. The zero-order valence-corrected chi connectivity index (χ0v) is 13.0. The molecule has 1 nitrogen and oxygen atoms in total. The number of benzene rings is 2. The van der Waals surface area contributed by atoms with Gasteiger partial charge in [-0.15, -0.1) is 0 Å². The highest BCUT2D eigenvalue weighted by atomic mass is 16.1. The molecule has 0 aromatic heterocycles. The maximum Gasteiger partial charge on any atom is 0.169 e. The highest BCUT2D eigenvalue weighted by Crippen LogP contribution is 2.33. The van der Waals surface area contributed by atoms with Crippen molar-refractivity contribution in [3.05, 3.63) is 71.8 Å². The van der Waals surface area contributed by atoms with Crippen molar-refractivity contribution in [1.82, 2.24) is 0 Å². The number of carbonyl (C=O) groups excluding carboxylic acids is 1. The molecule has 0 saturated carbocycles. The van der Waals surface area contributed by atoms with Gasteiger partial charge in [0.05, 0.1) is 0 Å². The molecule has 21 heavy (non-hydrogen) atoms. The SMILES string of the molecule is CCCCC(C)(Cc1ccccc1)C(=O)c1ccccc1. The van der Waals surface area contributed by atoms with Gasteiger partial charge in [0, 0.05) is 11.0 Å². The third kappa shape index (κ3) is 4.04. The van der Waals surface area contributed by atoms with Crippen LogP contribution in [0.5, 0.6) is 0 Å². The van der Waals surface area contributed by atoms with Crippen molar-refractivity contribution in [3.8, 4) is 0 Å². The Morgan fingerprint density at radius 1 is 0.952 bits per heavy atom. The van der Waals surface area contributed by atoms with Gasteiger partial charge in [-0.3, -0.25) is 4.79 Å². The number of ketones is 1. The van der Waals surface area contributed by atoms with Gasteiger partial charge in [-0.2, -0.15) is 0 Å². The molecular weight excluding hydrogens is 256 g/mol. The maximum atomic E-state index is 13.0. The smallest absolute Gasteiger partial charge is 0.169 e. The first-order chi connectivity index (χ1) is 10.2. The summed E-state index contributed by atoms with van der Waals surface area (Å²) in [5.41, 5.74) is 1.74. The largest absolute Gasteiger partial charge is 0.294 e. The maximum absolute atomic E-state index is 13.0. The molecule has 0 aliphatic carbocycles. The lowest BCUT2D eigenvalue weighted by atomic mass is 9.73. The topological polar surface area (TPSA) is 17.1 Å². The molecule has 0 heterocycles. The van der Waals surface area contributed by atoms with Crippen molar-refractivity contribution in [2.24, 2.45) is 5.41 Å². The van der Waals surface area contributed by atoms with E-state index in [9.17, 15) is 4.79 Å². The third-order valence-corrected chi connectivity index (χ3v) is 4.10. The number of unbranched alkanes of at least 4 members (excludes halogenated alkanes) is 1. The fourth-order valence-corrected chi connectivity index (χ4v) is 2.83. The zero-order valence-electron chi connectivity index (χ0n) is 13.0. The van der Waals surface area contributed by atoms with Crippen LogP contribution in [-0.4, -0.2) is 5.78 Å². The summed E-state index contributed by atoms with van der Waals surface area (Å²) in [6.45, 7) is 4.29. The molecule has 1 heteroatoms. The molecule has 0 radical (unpaired) electrons. The van der Waals surface area contributed by atoms with E-state index in [4.69, 9.17) is 0 Å². The Kier molecular flexibility index (Phi) is 5.32. The minimum Gasteiger partial charge on any atom is -0.294 e. The van der Waals surface area contributed by atoms with Gasteiger partial charge in [-0.05, 0) is 18.4 Å². The Labute approximate surface area is 128 Å². The van der Waals surface area contributed by atoms with E-state index in [-0.39, 0.29) is 11.2 Å². The summed E-state index contributed by atoms with van der Waals surface area (Å²) < 4.78 is 0. The van der Waals surface area contributed by atoms with E-state index in [0.717, 1.165) is 31.2 Å². The van der Waals surface area contributed by atoms with Gasteiger partial charge in [-0.1, -0.05) is 87.4 Å². The van der Waals surface area contributed by atoms with Crippen LogP contribution < -0.4 is 0 Å². The van der Waals surface area contributed by atoms with E-state index in [2.05, 4.69) is 26.0 Å². The summed E-state index contributed by atoms with van der Waals surface area (Å²) in [5.74, 6) is 0.264. The lowest BCUT2D eigenvalue weighted by molar-refractivity contribution is 0.0797. The predicted molar refractivity (Wildman–Crippen MR) is 88.6 cm³/mol. The number of hydrogen-bond donors (Lipinski definition) is 0. The van der Waals surface area contributed by atoms with Gasteiger partial charge < -0.3 is 0 Å². The molecule has 0 N–H and O–H groups in total. The van der Waals surface area contributed by atoms with Gasteiger partial charge >= 0.3 is 0 Å². The van der Waals surface area contributed by atoms with E-state index in [1.807, 2.05) is 48.5 Å². The summed E-state index contributed by atoms with van der Waals surface area (Å²) in [6.07, 6.45) is 3.95. The number of carbonyl (C=O) groups is 1. The van der Waals surface area contributed by atoms with Crippen LogP contribution in [0.25, 0.3) is 0 Å². The molecule has 1 atom stereocenters. The van der Waals surface area contributed by atoms with Crippen molar-refractivity contribution < 1.29 is 4.79 Å². The minimum absolute atomic E-state index is 0.264. The summed E-state index contributed by atoms with van der Waals surface area (Å²) >= 11 is 0. The number of rotatable bonds is 7. The molecule has 0 saturated heterocycles. The number of Topliss-reactive ketones (excluding diaryl/α,β-unsaturated/α-hetero) is 1. The fourth-order valence-electron chi connectivity index (χ4n) is 2.83. The summed E-state index contributed by atoms with van der Waals surface area (Å²) in [7, 11) is 0. The van der Waals surface area contributed by atoms with Crippen LogP contribution in [-0.2, 0) is 6.42 Å². The molecule has 0 amide bonds. The van der Waals surface area contributed by atoms with E-state index in [1.165, 1.54) is 5.56 Å². The van der Waals surface area contributed by atoms with Crippen molar-refractivity contribution in [1.29, 1.82) is 0 Å². The van der Waals surface area contributed by atoms with Crippen molar-refractivity contribution >= 4 is 5.78 Å². The van der Waals surface area contributed by atoms with E-state index in [0.29, 0.717) is 0 Å². The van der Waals surface area contributed by atoms with E-state index >= 15 is 0 Å². The van der Waals surface area contributed by atoms with Crippen LogP contribution in [0, 0.1) is 5.41 Å². The number of hydrogen-bond acceptors (Lipinski definition) is 1. The zero-order chi connectivity index (χ0) is 15.1. The summed E-state index contributed by atoms with van der Waals surface area (Å²) in [6, 6.07) is 20.0. The van der Waals surface area contributed by atoms with Crippen LogP contribution in [0.4, 0.5) is 0 Å². The first kappa shape index (κ1) is 15.5. The third-order valence-electron chi connectivity index (χ3n) is 4.10. The molecule has 2 aromatic carbocycles. The van der Waals surface area contributed by atoms with Gasteiger partial charge in [0.1, 0.15) is 0 Å². The quantitative estimate of drug-likeness (QED) is 0.628. The average molecular weight is 280 g/mol. The molecule has 0 fully saturated rings. The fraction of sp³-hybridized carbons (Fsp3) is 0.350. The van der Waals surface area contributed by atoms with Crippen LogP contribution in [0.1, 0.15) is 49.0 Å². The molecule has 0 spiro atoms. The molecule has 2 rings (SSSR count). The Hall–Kier alpha value is -1.89. The van der Waals surface area contributed by atoms with Gasteiger partial charge in [-0.25, -0.2) is 0 Å². The van der Waals surface area contributed by atoms with Crippen molar-refractivity contribution in [3.63, 3.8) is 0 Å². The lowest BCUT2D eigenvalue weighted by Crippen LogP contribution is -2.30. The molecule has 110 valence electrons. The van der Waals surface area contributed by atoms with Gasteiger partial charge in [0.15, 0.2) is 5.78 Å². The second-order valence-corrected chi connectivity index (χ2v) is 6.02. The minimum atomic E-state index is -0.321. The highest BCUT2D eigenvalue weighted by Gasteiger charge is 2.33. The second kappa shape index (κ2) is 7.21. The monoisotopic (exact) mass is 280 g/mol. The van der Waals surface area contributed by atoms with E-state index in [1.54, 1.807) is 0 Å². The molecule has 0 aliphatic heterocycles. The Bertz CT molecular complexity index is 559. The Morgan fingerprint density at radius 3 is 2.10 bits per heavy atom. The van der Waals surface area contributed by atoms with Crippen LogP contribution in [0.15, 0.2) is 60.7 Å². The second-order valence-electron chi connectivity index (χ2n) is 6.02. The molecule has 1 unspecified atom stereocenters. The molecule has 0 aliphatic rings. The average Bonchev–Trinajstić information content (AvgIpc) is 2.54. The van der Waals surface area contributed by atoms with Gasteiger partial charge in [0.25, 0.3) is 0 Å². The summed E-state index contributed by atoms with van der Waals surface area (Å²) in [5, 5.41) is 0. The van der Waals surface area contributed by atoms with Gasteiger partial charge in [0.2, 0.25) is 0 Å². The first-order valence-electron chi connectivity index (χ1n) is 7.79.